The predicted octanol–water partition coefficient (Wildman–Crippen LogP) is 2.23. The molecule has 2 atom stereocenters. The summed E-state index contributed by atoms with van der Waals surface area (Å²) in [5, 5.41) is 0. The molecule has 1 aliphatic heterocycles. The fraction of sp³-hybridized carbons (Fsp3) is 0.579. The Labute approximate surface area is 149 Å². The highest BCUT2D eigenvalue weighted by atomic mass is 16.6. The molecule has 25 heavy (non-hydrogen) atoms. The minimum absolute atomic E-state index is 0.0144. The van der Waals surface area contributed by atoms with E-state index in [0.29, 0.717) is 19.6 Å². The van der Waals surface area contributed by atoms with Crippen LogP contribution in [0.3, 0.4) is 0 Å². The van der Waals surface area contributed by atoms with Gasteiger partial charge in [0.15, 0.2) is 0 Å². The first-order chi connectivity index (χ1) is 12.0. The molecule has 0 saturated carbocycles. The fourth-order valence-electron chi connectivity index (χ4n) is 3.16. The van der Waals surface area contributed by atoms with Gasteiger partial charge in [0.2, 0.25) is 5.91 Å². The van der Waals surface area contributed by atoms with Crippen molar-refractivity contribution in [1.29, 1.82) is 0 Å². The standard InChI is InChI=1S/C19H29N3O3/c1-3-21(19(24)25-14-16-8-5-4-6-9-16)12-17-10-7-11-22(13-17)18(23)15(2)20/h4-6,8-9,15,17H,3,7,10-14,20H2,1-2H3/t15-,17-/m0/s1. The van der Waals surface area contributed by atoms with Crippen LogP contribution in [0.2, 0.25) is 0 Å². The summed E-state index contributed by atoms with van der Waals surface area (Å²) < 4.78 is 5.42. The van der Waals surface area contributed by atoms with Crippen molar-refractivity contribution in [2.45, 2.75) is 39.3 Å². The quantitative estimate of drug-likeness (QED) is 0.856. The van der Waals surface area contributed by atoms with E-state index < -0.39 is 6.04 Å². The maximum atomic E-state index is 12.3. The van der Waals surface area contributed by atoms with Gasteiger partial charge in [-0.25, -0.2) is 4.79 Å². The molecule has 0 bridgehead atoms. The van der Waals surface area contributed by atoms with Crippen LogP contribution in [0.1, 0.15) is 32.3 Å². The molecule has 1 aromatic carbocycles. The van der Waals surface area contributed by atoms with Crippen molar-refractivity contribution in [3.8, 4) is 0 Å². The molecular weight excluding hydrogens is 318 g/mol. The summed E-state index contributed by atoms with van der Waals surface area (Å²) in [4.78, 5) is 28.0. The fourth-order valence-corrected chi connectivity index (χ4v) is 3.16. The molecule has 1 fully saturated rings. The summed E-state index contributed by atoms with van der Waals surface area (Å²) in [6.07, 6.45) is 1.65. The van der Waals surface area contributed by atoms with E-state index in [-0.39, 0.29) is 24.5 Å². The normalized spacial score (nSPS) is 18.5. The second-order valence-corrected chi connectivity index (χ2v) is 6.66. The maximum absolute atomic E-state index is 12.3. The van der Waals surface area contributed by atoms with Crippen LogP contribution in [0.4, 0.5) is 4.79 Å². The van der Waals surface area contributed by atoms with Crippen molar-refractivity contribution < 1.29 is 14.3 Å². The third-order valence-corrected chi connectivity index (χ3v) is 4.54. The Hall–Kier alpha value is -2.08. The Balaban J connectivity index is 1.85. The number of rotatable bonds is 6. The van der Waals surface area contributed by atoms with Gasteiger partial charge in [-0.3, -0.25) is 4.79 Å². The van der Waals surface area contributed by atoms with Gasteiger partial charge in [0.25, 0.3) is 0 Å². The zero-order valence-corrected chi connectivity index (χ0v) is 15.2. The van der Waals surface area contributed by atoms with E-state index in [4.69, 9.17) is 10.5 Å². The van der Waals surface area contributed by atoms with E-state index in [1.807, 2.05) is 42.2 Å². The number of nitrogens with zero attached hydrogens (tertiary/aromatic N) is 2. The van der Waals surface area contributed by atoms with E-state index >= 15 is 0 Å². The first-order valence-corrected chi connectivity index (χ1v) is 9.01. The van der Waals surface area contributed by atoms with Crippen molar-refractivity contribution in [2.24, 2.45) is 11.7 Å². The smallest absolute Gasteiger partial charge is 0.410 e. The third-order valence-electron chi connectivity index (χ3n) is 4.54. The zero-order valence-electron chi connectivity index (χ0n) is 15.2. The summed E-state index contributed by atoms with van der Waals surface area (Å²) >= 11 is 0. The number of hydrogen-bond donors (Lipinski definition) is 1. The highest BCUT2D eigenvalue weighted by Gasteiger charge is 2.27. The van der Waals surface area contributed by atoms with Gasteiger partial charge in [-0.1, -0.05) is 30.3 Å². The number of carbonyl (C=O) groups excluding carboxylic acids is 2. The molecule has 6 nitrogen and oxygen atoms in total. The Morgan fingerprint density at radius 2 is 2.08 bits per heavy atom. The van der Waals surface area contributed by atoms with Gasteiger partial charge in [0, 0.05) is 26.2 Å². The Morgan fingerprint density at radius 1 is 1.36 bits per heavy atom. The molecule has 138 valence electrons. The van der Waals surface area contributed by atoms with Gasteiger partial charge < -0.3 is 20.3 Å². The average molecular weight is 347 g/mol. The number of amides is 2. The molecule has 0 aliphatic carbocycles. The Kier molecular flexibility index (Phi) is 7.25. The highest BCUT2D eigenvalue weighted by molar-refractivity contribution is 5.81. The van der Waals surface area contributed by atoms with Gasteiger partial charge in [-0.15, -0.1) is 0 Å². The van der Waals surface area contributed by atoms with Crippen molar-refractivity contribution in [2.75, 3.05) is 26.2 Å². The van der Waals surface area contributed by atoms with Crippen LogP contribution in [0, 0.1) is 5.92 Å². The summed E-state index contributed by atoms with van der Waals surface area (Å²) in [5.74, 6) is 0.250. The van der Waals surface area contributed by atoms with Crippen LogP contribution in [0.25, 0.3) is 0 Å². The van der Waals surface area contributed by atoms with Gasteiger partial charge in [0.1, 0.15) is 6.61 Å². The number of carbonyl (C=O) groups is 2. The molecular formula is C19H29N3O3. The number of nitrogens with two attached hydrogens (primary N) is 1. The number of piperidine rings is 1. The minimum atomic E-state index is -0.475. The molecule has 0 aromatic heterocycles. The molecule has 0 spiro atoms. The van der Waals surface area contributed by atoms with Crippen molar-refractivity contribution >= 4 is 12.0 Å². The largest absolute Gasteiger partial charge is 0.445 e. The summed E-state index contributed by atoms with van der Waals surface area (Å²) in [7, 11) is 0. The Morgan fingerprint density at radius 3 is 2.72 bits per heavy atom. The summed E-state index contributed by atoms with van der Waals surface area (Å²) in [6, 6.07) is 9.17. The van der Waals surface area contributed by atoms with E-state index in [2.05, 4.69) is 0 Å². The van der Waals surface area contributed by atoms with Crippen molar-refractivity contribution in [1.82, 2.24) is 9.80 Å². The first-order valence-electron chi connectivity index (χ1n) is 9.01. The SMILES string of the molecule is CCN(C[C@@H]1CCCN(C(=O)[C@H](C)N)C1)C(=O)OCc1ccccc1. The number of hydrogen-bond acceptors (Lipinski definition) is 4. The van der Waals surface area contributed by atoms with Gasteiger partial charge in [0.05, 0.1) is 6.04 Å². The molecule has 6 heteroatoms. The number of likely N-dealkylation sites (tertiary alicyclic amines) is 1. The molecule has 2 rings (SSSR count). The molecule has 1 aliphatic rings. The molecule has 0 unspecified atom stereocenters. The topological polar surface area (TPSA) is 75.9 Å². The van der Waals surface area contributed by atoms with Gasteiger partial charge >= 0.3 is 6.09 Å². The lowest BCUT2D eigenvalue weighted by atomic mass is 9.97. The van der Waals surface area contributed by atoms with Crippen LogP contribution in [-0.2, 0) is 16.1 Å². The van der Waals surface area contributed by atoms with Crippen molar-refractivity contribution in [3.63, 3.8) is 0 Å². The monoisotopic (exact) mass is 347 g/mol. The van der Waals surface area contributed by atoms with Crippen LogP contribution in [0.5, 0.6) is 0 Å². The lowest BCUT2D eigenvalue weighted by molar-refractivity contribution is -0.134. The molecule has 1 aromatic rings. The van der Waals surface area contributed by atoms with E-state index in [0.717, 1.165) is 24.9 Å². The molecule has 2 amide bonds. The zero-order chi connectivity index (χ0) is 18.2. The van der Waals surface area contributed by atoms with Crippen molar-refractivity contribution in [3.05, 3.63) is 35.9 Å². The number of ether oxygens (including phenoxy) is 1. The number of benzene rings is 1. The molecule has 0 radical (unpaired) electrons. The lowest BCUT2D eigenvalue weighted by Crippen LogP contribution is -2.49. The van der Waals surface area contributed by atoms with E-state index in [9.17, 15) is 9.59 Å². The van der Waals surface area contributed by atoms with E-state index in [1.165, 1.54) is 0 Å². The minimum Gasteiger partial charge on any atom is -0.445 e. The molecule has 2 N–H and O–H groups in total. The van der Waals surface area contributed by atoms with Crippen LogP contribution < -0.4 is 5.73 Å². The van der Waals surface area contributed by atoms with Crippen LogP contribution >= 0.6 is 0 Å². The summed E-state index contributed by atoms with van der Waals surface area (Å²) in [5.41, 5.74) is 6.68. The van der Waals surface area contributed by atoms with Crippen LogP contribution in [0.15, 0.2) is 30.3 Å². The molecule has 1 saturated heterocycles. The lowest BCUT2D eigenvalue weighted by Gasteiger charge is -2.36. The van der Waals surface area contributed by atoms with Gasteiger partial charge in [-0.2, -0.15) is 0 Å². The van der Waals surface area contributed by atoms with Gasteiger partial charge in [-0.05, 0) is 38.2 Å². The average Bonchev–Trinajstić information content (AvgIpc) is 2.64. The van der Waals surface area contributed by atoms with E-state index in [1.54, 1.807) is 11.8 Å². The first kappa shape index (κ1) is 19.2. The second kappa shape index (κ2) is 9.42. The third kappa shape index (κ3) is 5.74. The summed E-state index contributed by atoms with van der Waals surface area (Å²) in [6.45, 7) is 6.53. The highest BCUT2D eigenvalue weighted by Crippen LogP contribution is 2.19. The Bertz CT molecular complexity index is 562. The second-order valence-electron chi connectivity index (χ2n) is 6.66. The predicted molar refractivity (Wildman–Crippen MR) is 96.8 cm³/mol. The van der Waals surface area contributed by atoms with Crippen LogP contribution in [-0.4, -0.2) is 54.0 Å². The molecule has 1 heterocycles. The maximum Gasteiger partial charge on any atom is 0.410 e.